The summed E-state index contributed by atoms with van der Waals surface area (Å²) in [7, 11) is 0. The third kappa shape index (κ3) is 3.75. The van der Waals surface area contributed by atoms with E-state index in [4.69, 9.17) is 0 Å². The molecule has 1 fully saturated rings. The lowest BCUT2D eigenvalue weighted by Gasteiger charge is -2.29. The van der Waals surface area contributed by atoms with Crippen LogP contribution in [-0.2, 0) is 13.0 Å². The molecule has 1 nitrogen and oxygen atoms in total. The van der Waals surface area contributed by atoms with E-state index in [9.17, 15) is 0 Å². The predicted molar refractivity (Wildman–Crippen MR) is 91.8 cm³/mol. The van der Waals surface area contributed by atoms with Crippen molar-refractivity contribution in [2.24, 2.45) is 0 Å². The third-order valence-electron chi connectivity index (χ3n) is 4.55. The van der Waals surface area contributed by atoms with Crippen LogP contribution in [0, 0.1) is 0 Å². The first-order chi connectivity index (χ1) is 10.4. The van der Waals surface area contributed by atoms with Gasteiger partial charge in [0, 0.05) is 17.5 Å². The van der Waals surface area contributed by atoms with Crippen LogP contribution in [0.4, 0.5) is 0 Å². The molecule has 1 atom stereocenters. The number of likely N-dealkylation sites (tertiary alicyclic amines) is 1. The largest absolute Gasteiger partial charge is 0.291 e. The SMILES string of the molecule is CCc1ccc(CN2CCCCCC2c2cccs2)cc1. The van der Waals surface area contributed by atoms with E-state index in [2.05, 4.69) is 53.6 Å². The summed E-state index contributed by atoms with van der Waals surface area (Å²) in [6.45, 7) is 4.54. The van der Waals surface area contributed by atoms with Gasteiger partial charge in [0.2, 0.25) is 0 Å². The molecule has 112 valence electrons. The molecule has 0 amide bonds. The minimum atomic E-state index is 0.623. The Morgan fingerprint density at radius 2 is 1.86 bits per heavy atom. The van der Waals surface area contributed by atoms with E-state index < -0.39 is 0 Å². The van der Waals surface area contributed by atoms with Gasteiger partial charge >= 0.3 is 0 Å². The zero-order valence-corrected chi connectivity index (χ0v) is 13.7. The Morgan fingerprint density at radius 3 is 2.57 bits per heavy atom. The van der Waals surface area contributed by atoms with Crippen molar-refractivity contribution in [1.82, 2.24) is 4.90 Å². The predicted octanol–water partition coefficient (Wildman–Crippen LogP) is 5.43. The van der Waals surface area contributed by atoms with Crippen LogP contribution in [0.3, 0.4) is 0 Å². The molecule has 0 aliphatic carbocycles. The Kier molecular flexibility index (Phi) is 5.10. The molecule has 3 rings (SSSR count). The molecular weight excluding hydrogens is 274 g/mol. The zero-order chi connectivity index (χ0) is 14.5. The molecule has 2 aromatic rings. The van der Waals surface area contributed by atoms with Gasteiger partial charge in [-0.05, 0) is 48.4 Å². The molecule has 0 spiro atoms. The van der Waals surface area contributed by atoms with Crippen LogP contribution in [0.5, 0.6) is 0 Å². The van der Waals surface area contributed by atoms with Gasteiger partial charge in [0.25, 0.3) is 0 Å². The van der Waals surface area contributed by atoms with Gasteiger partial charge in [-0.15, -0.1) is 11.3 Å². The summed E-state index contributed by atoms with van der Waals surface area (Å²) in [4.78, 5) is 4.24. The Labute approximate surface area is 132 Å². The Balaban J connectivity index is 1.76. The van der Waals surface area contributed by atoms with Crippen LogP contribution in [0.1, 0.15) is 54.7 Å². The van der Waals surface area contributed by atoms with Gasteiger partial charge in [-0.25, -0.2) is 0 Å². The van der Waals surface area contributed by atoms with Crippen molar-refractivity contribution in [2.75, 3.05) is 6.54 Å². The molecular formula is C19H25NS. The van der Waals surface area contributed by atoms with Crippen LogP contribution in [-0.4, -0.2) is 11.4 Å². The highest BCUT2D eigenvalue weighted by Crippen LogP contribution is 2.33. The molecule has 2 heteroatoms. The minimum Gasteiger partial charge on any atom is -0.291 e. The van der Waals surface area contributed by atoms with E-state index >= 15 is 0 Å². The number of nitrogens with zero attached hydrogens (tertiary/aromatic N) is 1. The molecule has 1 aliphatic rings. The van der Waals surface area contributed by atoms with Crippen molar-refractivity contribution >= 4 is 11.3 Å². The van der Waals surface area contributed by atoms with Crippen molar-refractivity contribution < 1.29 is 0 Å². The minimum absolute atomic E-state index is 0.623. The van der Waals surface area contributed by atoms with Gasteiger partial charge in [-0.3, -0.25) is 4.90 Å². The van der Waals surface area contributed by atoms with Gasteiger partial charge in [0.1, 0.15) is 0 Å². The van der Waals surface area contributed by atoms with Crippen LogP contribution in [0.25, 0.3) is 0 Å². The molecule has 21 heavy (non-hydrogen) atoms. The summed E-state index contributed by atoms with van der Waals surface area (Å²) in [6, 6.07) is 14.3. The third-order valence-corrected chi connectivity index (χ3v) is 5.53. The first-order valence-corrected chi connectivity index (χ1v) is 9.10. The van der Waals surface area contributed by atoms with E-state index in [-0.39, 0.29) is 0 Å². The highest BCUT2D eigenvalue weighted by Gasteiger charge is 2.23. The van der Waals surface area contributed by atoms with Crippen LogP contribution >= 0.6 is 11.3 Å². The number of thiophene rings is 1. The molecule has 0 N–H and O–H groups in total. The van der Waals surface area contributed by atoms with Crippen molar-refractivity contribution in [3.8, 4) is 0 Å². The maximum Gasteiger partial charge on any atom is 0.0445 e. The quantitative estimate of drug-likeness (QED) is 0.728. The number of aryl methyl sites for hydroxylation is 1. The van der Waals surface area contributed by atoms with E-state index in [1.165, 1.54) is 43.4 Å². The second kappa shape index (κ2) is 7.24. The highest BCUT2D eigenvalue weighted by molar-refractivity contribution is 7.10. The van der Waals surface area contributed by atoms with Gasteiger partial charge in [-0.1, -0.05) is 50.1 Å². The molecule has 1 saturated heterocycles. The van der Waals surface area contributed by atoms with Crippen molar-refractivity contribution in [3.05, 3.63) is 57.8 Å². The second-order valence-electron chi connectivity index (χ2n) is 6.02. The van der Waals surface area contributed by atoms with Crippen molar-refractivity contribution in [3.63, 3.8) is 0 Å². The summed E-state index contributed by atoms with van der Waals surface area (Å²) >= 11 is 1.92. The fourth-order valence-corrected chi connectivity index (χ4v) is 4.17. The van der Waals surface area contributed by atoms with Gasteiger partial charge in [0.15, 0.2) is 0 Å². The lowest BCUT2D eigenvalue weighted by molar-refractivity contribution is 0.195. The average molecular weight is 299 g/mol. The van der Waals surface area contributed by atoms with E-state index in [1.54, 1.807) is 4.88 Å². The van der Waals surface area contributed by atoms with E-state index in [0.717, 1.165) is 13.0 Å². The standard InChI is InChI=1S/C19H25NS/c1-2-16-9-11-17(12-10-16)15-20-13-5-3-4-7-18(20)19-8-6-14-21-19/h6,8-12,14,18H,2-5,7,13,15H2,1H3. The van der Waals surface area contributed by atoms with E-state index in [1.807, 2.05) is 11.3 Å². The normalized spacial score (nSPS) is 20.3. The van der Waals surface area contributed by atoms with Crippen molar-refractivity contribution in [1.29, 1.82) is 0 Å². The van der Waals surface area contributed by atoms with Crippen LogP contribution in [0.2, 0.25) is 0 Å². The topological polar surface area (TPSA) is 3.24 Å². The zero-order valence-electron chi connectivity index (χ0n) is 12.9. The van der Waals surface area contributed by atoms with Crippen LogP contribution < -0.4 is 0 Å². The molecule has 1 aliphatic heterocycles. The summed E-state index contributed by atoms with van der Waals surface area (Å²) in [5.41, 5.74) is 2.89. The number of hydrogen-bond acceptors (Lipinski definition) is 2. The fourth-order valence-electron chi connectivity index (χ4n) is 3.27. The first-order valence-electron chi connectivity index (χ1n) is 8.22. The fraction of sp³-hybridized carbons (Fsp3) is 0.474. The number of hydrogen-bond donors (Lipinski definition) is 0. The van der Waals surface area contributed by atoms with Crippen LogP contribution in [0.15, 0.2) is 41.8 Å². The molecule has 0 saturated carbocycles. The summed E-state index contributed by atoms with van der Waals surface area (Å²) in [6.07, 6.45) is 6.53. The molecule has 0 radical (unpaired) electrons. The summed E-state index contributed by atoms with van der Waals surface area (Å²) in [5, 5.41) is 2.22. The van der Waals surface area contributed by atoms with Gasteiger partial charge in [-0.2, -0.15) is 0 Å². The maximum atomic E-state index is 2.69. The first kappa shape index (κ1) is 14.8. The molecule has 1 unspecified atom stereocenters. The molecule has 1 aromatic heterocycles. The Hall–Kier alpha value is -1.12. The van der Waals surface area contributed by atoms with Gasteiger partial charge in [0.05, 0.1) is 0 Å². The average Bonchev–Trinajstić information content (AvgIpc) is 2.96. The molecule has 1 aromatic carbocycles. The Morgan fingerprint density at radius 1 is 1.05 bits per heavy atom. The van der Waals surface area contributed by atoms with Gasteiger partial charge < -0.3 is 0 Å². The van der Waals surface area contributed by atoms with E-state index in [0.29, 0.717) is 6.04 Å². The molecule has 0 bridgehead atoms. The molecule has 2 heterocycles. The summed E-state index contributed by atoms with van der Waals surface area (Å²) < 4.78 is 0. The monoisotopic (exact) mass is 299 g/mol. The maximum absolute atomic E-state index is 2.69. The second-order valence-corrected chi connectivity index (χ2v) is 7.00. The lowest BCUT2D eigenvalue weighted by atomic mass is 10.1. The Bertz CT molecular complexity index is 529. The number of benzene rings is 1. The highest BCUT2D eigenvalue weighted by atomic mass is 32.1. The summed E-state index contributed by atoms with van der Waals surface area (Å²) in [5.74, 6) is 0. The van der Waals surface area contributed by atoms with Crippen molar-refractivity contribution in [2.45, 2.75) is 51.6 Å². The number of rotatable bonds is 4. The smallest absolute Gasteiger partial charge is 0.0445 e. The lowest BCUT2D eigenvalue weighted by Crippen LogP contribution is -2.27.